The van der Waals surface area contributed by atoms with E-state index in [9.17, 15) is 13.2 Å². The fourth-order valence-corrected chi connectivity index (χ4v) is 6.20. The molecule has 2 aromatic heterocycles. The standard InChI is InChI=1S/C24H33N7O3S2/c1-4-30(5-2)36(33,34)19-11-9-18(10-12-19)23(32)25-13-16-31-22-20(17-26-31)21(27-24(28-22)35-3)29-14-7-6-8-15-29/h9-12,17H,4-8,13-16H2,1-3H3,(H,25,32). The van der Waals surface area contributed by atoms with Crippen LogP contribution < -0.4 is 10.2 Å². The number of nitrogens with one attached hydrogen (secondary N) is 1. The summed E-state index contributed by atoms with van der Waals surface area (Å²) in [6, 6.07) is 6.04. The number of fused-ring (bicyclic) bond motifs is 1. The molecule has 3 aromatic rings. The van der Waals surface area contributed by atoms with Crippen molar-refractivity contribution in [3.8, 4) is 0 Å². The van der Waals surface area contributed by atoms with Gasteiger partial charge < -0.3 is 10.2 Å². The molecule has 1 aromatic carbocycles. The van der Waals surface area contributed by atoms with E-state index in [0.29, 0.717) is 36.9 Å². The normalized spacial score (nSPS) is 14.5. The average molecular weight is 532 g/mol. The average Bonchev–Trinajstić information content (AvgIpc) is 3.32. The number of anilines is 1. The molecule has 10 nitrogen and oxygen atoms in total. The number of thioether (sulfide) groups is 1. The van der Waals surface area contributed by atoms with Gasteiger partial charge in [0, 0.05) is 38.3 Å². The highest BCUT2D eigenvalue weighted by Gasteiger charge is 2.22. The van der Waals surface area contributed by atoms with Crippen molar-refractivity contribution >= 4 is 44.5 Å². The van der Waals surface area contributed by atoms with Gasteiger partial charge in [-0.3, -0.25) is 4.79 Å². The van der Waals surface area contributed by atoms with Crippen LogP contribution in [0.15, 0.2) is 40.5 Å². The van der Waals surface area contributed by atoms with Crippen LogP contribution in [0, 0.1) is 0 Å². The van der Waals surface area contributed by atoms with Crippen LogP contribution in [-0.4, -0.2) is 77.4 Å². The number of amides is 1. The molecular weight excluding hydrogens is 498 g/mol. The van der Waals surface area contributed by atoms with E-state index in [0.717, 1.165) is 42.8 Å². The van der Waals surface area contributed by atoms with Gasteiger partial charge in [-0.1, -0.05) is 25.6 Å². The van der Waals surface area contributed by atoms with Gasteiger partial charge in [0.1, 0.15) is 5.82 Å². The minimum atomic E-state index is -3.56. The summed E-state index contributed by atoms with van der Waals surface area (Å²) < 4.78 is 28.5. The number of piperidine rings is 1. The minimum absolute atomic E-state index is 0.180. The number of nitrogens with zero attached hydrogens (tertiary/aromatic N) is 6. The monoisotopic (exact) mass is 531 g/mol. The second kappa shape index (κ2) is 11.6. The Balaban J connectivity index is 1.43. The van der Waals surface area contributed by atoms with Crippen molar-refractivity contribution in [2.24, 2.45) is 0 Å². The quantitative estimate of drug-likeness (QED) is 0.314. The van der Waals surface area contributed by atoms with E-state index < -0.39 is 10.0 Å². The van der Waals surface area contributed by atoms with E-state index in [1.807, 2.05) is 6.26 Å². The predicted octanol–water partition coefficient (Wildman–Crippen LogP) is 3.00. The topological polar surface area (TPSA) is 113 Å². The number of hydrogen-bond acceptors (Lipinski definition) is 8. The molecule has 0 spiro atoms. The Hall–Kier alpha value is -2.70. The first-order chi connectivity index (χ1) is 17.4. The molecule has 0 atom stereocenters. The van der Waals surface area contributed by atoms with Crippen LogP contribution in [0.2, 0.25) is 0 Å². The molecule has 12 heteroatoms. The summed E-state index contributed by atoms with van der Waals surface area (Å²) in [5.41, 5.74) is 1.16. The zero-order valence-corrected chi connectivity index (χ0v) is 22.6. The van der Waals surface area contributed by atoms with Gasteiger partial charge >= 0.3 is 0 Å². The number of sulfonamides is 1. The zero-order valence-electron chi connectivity index (χ0n) is 21.0. The van der Waals surface area contributed by atoms with Crippen molar-refractivity contribution in [3.05, 3.63) is 36.0 Å². The van der Waals surface area contributed by atoms with Gasteiger partial charge in [-0.15, -0.1) is 0 Å². The van der Waals surface area contributed by atoms with E-state index in [1.54, 1.807) is 24.7 Å². The predicted molar refractivity (Wildman–Crippen MR) is 142 cm³/mol. The first kappa shape index (κ1) is 26.4. The van der Waals surface area contributed by atoms with Crippen LogP contribution in [0.3, 0.4) is 0 Å². The molecule has 0 bridgehead atoms. The molecule has 1 N–H and O–H groups in total. The van der Waals surface area contributed by atoms with Crippen LogP contribution in [0.1, 0.15) is 43.5 Å². The van der Waals surface area contributed by atoms with Crippen molar-refractivity contribution < 1.29 is 13.2 Å². The van der Waals surface area contributed by atoms with E-state index in [1.165, 1.54) is 46.8 Å². The maximum Gasteiger partial charge on any atom is 0.251 e. The highest BCUT2D eigenvalue weighted by Crippen LogP contribution is 2.28. The first-order valence-electron chi connectivity index (χ1n) is 12.3. The second-order valence-corrected chi connectivity index (χ2v) is 11.3. The summed E-state index contributed by atoms with van der Waals surface area (Å²) in [6.07, 6.45) is 7.32. The third-order valence-corrected chi connectivity index (χ3v) is 8.97. The van der Waals surface area contributed by atoms with Crippen molar-refractivity contribution in [1.29, 1.82) is 0 Å². The van der Waals surface area contributed by atoms with Crippen LogP contribution in [-0.2, 0) is 16.6 Å². The fourth-order valence-electron chi connectivity index (χ4n) is 4.39. The maximum absolute atomic E-state index is 12.7. The lowest BCUT2D eigenvalue weighted by Crippen LogP contribution is -2.31. The highest BCUT2D eigenvalue weighted by molar-refractivity contribution is 7.98. The number of carbonyl (C=O) groups is 1. The summed E-state index contributed by atoms with van der Waals surface area (Å²) in [4.78, 5) is 24.6. The number of hydrogen-bond donors (Lipinski definition) is 1. The Kier molecular flexibility index (Phi) is 8.47. The molecule has 0 unspecified atom stereocenters. The highest BCUT2D eigenvalue weighted by atomic mass is 32.2. The molecule has 3 heterocycles. The van der Waals surface area contributed by atoms with E-state index in [2.05, 4.69) is 20.3 Å². The Morgan fingerprint density at radius 2 is 1.78 bits per heavy atom. The van der Waals surface area contributed by atoms with Gasteiger partial charge in [-0.05, 0) is 49.8 Å². The zero-order chi connectivity index (χ0) is 25.7. The number of benzene rings is 1. The van der Waals surface area contributed by atoms with Crippen LogP contribution in [0.5, 0.6) is 0 Å². The van der Waals surface area contributed by atoms with Crippen LogP contribution in [0.4, 0.5) is 5.82 Å². The largest absolute Gasteiger partial charge is 0.356 e. The molecule has 0 radical (unpaired) electrons. The maximum atomic E-state index is 12.7. The summed E-state index contributed by atoms with van der Waals surface area (Å²) in [7, 11) is -3.56. The second-order valence-electron chi connectivity index (χ2n) is 8.56. The summed E-state index contributed by atoms with van der Waals surface area (Å²) >= 11 is 1.50. The molecule has 1 aliphatic rings. The number of aromatic nitrogens is 4. The van der Waals surface area contributed by atoms with E-state index >= 15 is 0 Å². The molecule has 1 amide bonds. The van der Waals surface area contributed by atoms with Crippen molar-refractivity contribution in [3.63, 3.8) is 0 Å². The van der Waals surface area contributed by atoms with E-state index in [4.69, 9.17) is 4.98 Å². The molecule has 1 saturated heterocycles. The van der Waals surface area contributed by atoms with Gasteiger partial charge in [0.05, 0.1) is 23.0 Å². The van der Waals surface area contributed by atoms with Crippen molar-refractivity contribution in [2.75, 3.05) is 43.9 Å². The SMILES string of the molecule is CCN(CC)S(=O)(=O)c1ccc(C(=O)NCCn2ncc3c(N4CCCCC4)nc(SC)nc32)cc1. The number of rotatable bonds is 10. The van der Waals surface area contributed by atoms with Crippen molar-refractivity contribution in [2.45, 2.75) is 49.7 Å². The first-order valence-corrected chi connectivity index (χ1v) is 15.0. The molecule has 36 heavy (non-hydrogen) atoms. The van der Waals surface area contributed by atoms with Gasteiger partial charge in [0.15, 0.2) is 10.8 Å². The summed E-state index contributed by atoms with van der Waals surface area (Å²) in [6.45, 7) is 7.16. The van der Waals surface area contributed by atoms with Gasteiger partial charge in [-0.2, -0.15) is 9.40 Å². The Bertz CT molecular complexity index is 1300. The smallest absolute Gasteiger partial charge is 0.251 e. The third-order valence-electron chi connectivity index (χ3n) is 6.36. The van der Waals surface area contributed by atoms with E-state index in [-0.39, 0.29) is 10.8 Å². The molecule has 0 aliphatic carbocycles. The Labute approximate surface area is 216 Å². The van der Waals surface area contributed by atoms with Gasteiger partial charge in [0.25, 0.3) is 5.91 Å². The Morgan fingerprint density at radius 1 is 1.08 bits per heavy atom. The van der Waals surface area contributed by atoms with Gasteiger partial charge in [0.2, 0.25) is 10.0 Å². The summed E-state index contributed by atoms with van der Waals surface area (Å²) in [5, 5.41) is 9.04. The number of carbonyl (C=O) groups excluding carboxylic acids is 1. The van der Waals surface area contributed by atoms with Crippen LogP contribution in [0.25, 0.3) is 11.0 Å². The third kappa shape index (κ3) is 5.50. The van der Waals surface area contributed by atoms with Crippen molar-refractivity contribution in [1.82, 2.24) is 29.4 Å². The lowest BCUT2D eigenvalue weighted by molar-refractivity contribution is 0.0952. The van der Waals surface area contributed by atoms with Gasteiger partial charge in [-0.25, -0.2) is 23.1 Å². The molecule has 0 saturated carbocycles. The molecule has 1 fully saturated rings. The molecule has 194 valence electrons. The lowest BCUT2D eigenvalue weighted by Gasteiger charge is -2.28. The molecule has 4 rings (SSSR count). The molecule has 1 aliphatic heterocycles. The minimum Gasteiger partial charge on any atom is -0.356 e. The van der Waals surface area contributed by atoms with Crippen LogP contribution >= 0.6 is 11.8 Å². The Morgan fingerprint density at radius 3 is 2.42 bits per heavy atom. The molecular formula is C24H33N7O3S2. The fraction of sp³-hybridized carbons (Fsp3) is 0.500. The lowest BCUT2D eigenvalue weighted by atomic mass is 10.1. The summed E-state index contributed by atoms with van der Waals surface area (Å²) in [5.74, 6) is 0.658.